The molecule has 2 aliphatic rings. The minimum atomic E-state index is 0.163. The first kappa shape index (κ1) is 25.5. The second-order valence-corrected chi connectivity index (χ2v) is 11.8. The average molecular weight is 568 g/mol. The highest BCUT2D eigenvalue weighted by molar-refractivity contribution is 7.99. The van der Waals surface area contributed by atoms with Crippen LogP contribution in [0.4, 0.5) is 5.82 Å². The summed E-state index contributed by atoms with van der Waals surface area (Å²) in [5.41, 5.74) is 3.13. The molecule has 2 saturated heterocycles. The summed E-state index contributed by atoms with van der Waals surface area (Å²) in [7, 11) is 0. The maximum absolute atomic E-state index is 12.8. The van der Waals surface area contributed by atoms with Crippen molar-refractivity contribution in [3.63, 3.8) is 0 Å². The molecule has 7 nitrogen and oxygen atoms in total. The Hall–Kier alpha value is -2.81. The van der Waals surface area contributed by atoms with Gasteiger partial charge in [0, 0.05) is 41.3 Å². The number of carbonyl (C=O) groups excluding carboxylic acids is 1. The molecule has 38 heavy (non-hydrogen) atoms. The lowest BCUT2D eigenvalue weighted by atomic mass is 9.99. The number of nitrogens with one attached hydrogen (secondary N) is 1. The third-order valence-electron chi connectivity index (χ3n) is 7.36. The fourth-order valence-corrected chi connectivity index (χ4v) is 6.74. The first-order valence-electron chi connectivity index (χ1n) is 13.0. The van der Waals surface area contributed by atoms with Gasteiger partial charge in [0.05, 0.1) is 5.02 Å². The molecule has 2 aromatic heterocycles. The third-order valence-corrected chi connectivity index (χ3v) is 8.99. The van der Waals surface area contributed by atoms with Gasteiger partial charge in [-0.25, -0.2) is 15.0 Å². The Morgan fingerprint density at radius 1 is 0.947 bits per heavy atom. The van der Waals surface area contributed by atoms with Crippen molar-refractivity contribution in [3.8, 4) is 17.1 Å². The number of halogens is 2. The van der Waals surface area contributed by atoms with Crippen LogP contribution in [0.25, 0.3) is 28.2 Å². The summed E-state index contributed by atoms with van der Waals surface area (Å²) >= 11 is 14.7. The van der Waals surface area contributed by atoms with Gasteiger partial charge in [-0.2, -0.15) is 11.8 Å². The first-order valence-corrected chi connectivity index (χ1v) is 14.9. The van der Waals surface area contributed by atoms with Gasteiger partial charge < -0.3 is 10.2 Å². The first-order chi connectivity index (χ1) is 18.6. The van der Waals surface area contributed by atoms with E-state index in [1.165, 1.54) is 0 Å². The van der Waals surface area contributed by atoms with Crippen molar-refractivity contribution in [3.05, 3.63) is 64.9 Å². The molecule has 196 valence electrons. The fourth-order valence-electron chi connectivity index (χ4n) is 5.28. The summed E-state index contributed by atoms with van der Waals surface area (Å²) in [5, 5.41) is 4.58. The molecular formula is C28H28Cl2N6OS. The second kappa shape index (κ2) is 11.1. The zero-order valence-corrected chi connectivity index (χ0v) is 23.1. The van der Waals surface area contributed by atoms with Gasteiger partial charge in [-0.1, -0.05) is 35.3 Å². The molecular weight excluding hydrogens is 539 g/mol. The smallest absolute Gasteiger partial charge is 0.223 e. The van der Waals surface area contributed by atoms with Crippen molar-refractivity contribution < 1.29 is 4.79 Å². The van der Waals surface area contributed by atoms with E-state index in [1.54, 1.807) is 6.33 Å². The predicted octanol–water partition coefficient (Wildman–Crippen LogP) is 6.02. The highest BCUT2D eigenvalue weighted by Gasteiger charge is 2.28. The van der Waals surface area contributed by atoms with Gasteiger partial charge in [-0.3, -0.25) is 9.36 Å². The monoisotopic (exact) mass is 566 g/mol. The molecule has 2 aliphatic heterocycles. The Kier molecular flexibility index (Phi) is 7.45. The lowest BCUT2D eigenvalue weighted by Gasteiger charge is -2.34. The van der Waals surface area contributed by atoms with Crippen LogP contribution in [-0.4, -0.2) is 56.1 Å². The molecule has 2 aromatic carbocycles. The highest BCUT2D eigenvalue weighted by Crippen LogP contribution is 2.35. The number of hydrogen-bond donors (Lipinski definition) is 1. The third kappa shape index (κ3) is 5.09. The number of hydrogen-bond acceptors (Lipinski definition) is 6. The van der Waals surface area contributed by atoms with E-state index in [0.717, 1.165) is 72.9 Å². The fraction of sp³-hybridized carbons (Fsp3) is 0.357. The maximum atomic E-state index is 12.8. The second-order valence-electron chi connectivity index (χ2n) is 9.75. The molecule has 4 aromatic rings. The Morgan fingerprint density at radius 3 is 2.42 bits per heavy atom. The topological polar surface area (TPSA) is 75.9 Å². The van der Waals surface area contributed by atoms with E-state index in [0.29, 0.717) is 21.5 Å². The van der Waals surface area contributed by atoms with E-state index in [2.05, 4.69) is 20.2 Å². The van der Waals surface area contributed by atoms with E-state index in [9.17, 15) is 4.79 Å². The summed E-state index contributed by atoms with van der Waals surface area (Å²) in [6.07, 6.45) is 5.30. The van der Waals surface area contributed by atoms with Crippen molar-refractivity contribution in [2.24, 2.45) is 5.92 Å². The average Bonchev–Trinajstić information content (AvgIpc) is 3.34. The van der Waals surface area contributed by atoms with E-state index in [1.807, 2.05) is 64.9 Å². The van der Waals surface area contributed by atoms with Crippen LogP contribution >= 0.6 is 35.0 Å². The van der Waals surface area contributed by atoms with Gasteiger partial charge in [0.15, 0.2) is 17.0 Å². The van der Waals surface area contributed by atoms with Crippen LogP contribution in [0, 0.1) is 5.92 Å². The largest absolute Gasteiger partial charge is 0.355 e. The SMILES string of the molecule is O=C(NC1CCN(c2ncnc3c2nc(-c2ccccc2Cl)n3-c2ccc(Cl)cc2)CC1)C1CCSCC1. The van der Waals surface area contributed by atoms with Gasteiger partial charge in [-0.05, 0) is 73.6 Å². The summed E-state index contributed by atoms with van der Waals surface area (Å²) in [6.45, 7) is 1.57. The number of anilines is 1. The van der Waals surface area contributed by atoms with Crippen molar-refractivity contribution >= 4 is 57.9 Å². The minimum absolute atomic E-state index is 0.163. The number of thioether (sulfide) groups is 1. The van der Waals surface area contributed by atoms with Crippen LogP contribution in [-0.2, 0) is 4.79 Å². The molecule has 6 rings (SSSR count). The molecule has 10 heteroatoms. The molecule has 0 bridgehead atoms. The van der Waals surface area contributed by atoms with Gasteiger partial charge in [0.2, 0.25) is 5.91 Å². The number of aromatic nitrogens is 4. The Bertz CT molecular complexity index is 1450. The molecule has 4 heterocycles. The molecule has 0 unspecified atom stereocenters. The standard InChI is InChI=1S/C28H28Cl2N6OS/c29-19-5-7-21(8-6-19)36-25(22-3-1-2-4-23(22)30)34-24-26(31-17-32-27(24)36)35-13-9-20(10-14-35)33-28(37)18-11-15-38-16-12-18/h1-8,17-18,20H,9-16H2,(H,33,37). The molecule has 1 amide bonds. The van der Waals surface area contributed by atoms with Crippen LogP contribution in [0.15, 0.2) is 54.9 Å². The molecule has 0 atom stereocenters. The molecule has 0 saturated carbocycles. The number of piperidine rings is 1. The number of imidazole rings is 1. The van der Waals surface area contributed by atoms with Crippen LogP contribution in [0.3, 0.4) is 0 Å². The molecule has 0 spiro atoms. The van der Waals surface area contributed by atoms with Crippen molar-refractivity contribution in [2.45, 2.75) is 31.7 Å². The van der Waals surface area contributed by atoms with Crippen LogP contribution in [0.2, 0.25) is 10.0 Å². The molecule has 2 fully saturated rings. The zero-order chi connectivity index (χ0) is 26.1. The number of nitrogens with zero attached hydrogens (tertiary/aromatic N) is 5. The summed E-state index contributed by atoms with van der Waals surface area (Å²) in [5.74, 6) is 4.04. The van der Waals surface area contributed by atoms with Crippen LogP contribution < -0.4 is 10.2 Å². The Labute approximate surface area is 236 Å². The van der Waals surface area contributed by atoms with Gasteiger partial charge in [0.1, 0.15) is 12.2 Å². The minimum Gasteiger partial charge on any atom is -0.355 e. The maximum Gasteiger partial charge on any atom is 0.223 e. The molecule has 1 N–H and O–H groups in total. The van der Waals surface area contributed by atoms with Crippen LogP contribution in [0.1, 0.15) is 25.7 Å². The van der Waals surface area contributed by atoms with Crippen molar-refractivity contribution in [1.82, 2.24) is 24.8 Å². The molecule has 0 aliphatic carbocycles. The lowest BCUT2D eigenvalue weighted by molar-refractivity contribution is -0.126. The van der Waals surface area contributed by atoms with Gasteiger partial charge >= 0.3 is 0 Å². The molecule has 0 radical (unpaired) electrons. The van der Waals surface area contributed by atoms with Gasteiger partial charge in [-0.15, -0.1) is 0 Å². The summed E-state index contributed by atoms with van der Waals surface area (Å²) in [6, 6.07) is 15.5. The normalized spacial score (nSPS) is 17.2. The summed E-state index contributed by atoms with van der Waals surface area (Å²) in [4.78, 5) is 29.4. The number of carbonyl (C=O) groups is 1. The Morgan fingerprint density at radius 2 is 1.68 bits per heavy atom. The zero-order valence-electron chi connectivity index (χ0n) is 20.8. The van der Waals surface area contributed by atoms with E-state index in [-0.39, 0.29) is 17.9 Å². The number of benzene rings is 2. The number of amides is 1. The van der Waals surface area contributed by atoms with E-state index < -0.39 is 0 Å². The van der Waals surface area contributed by atoms with Crippen molar-refractivity contribution in [2.75, 3.05) is 29.5 Å². The quantitative estimate of drug-likeness (QED) is 0.318. The summed E-state index contributed by atoms with van der Waals surface area (Å²) < 4.78 is 2.01. The number of rotatable bonds is 5. The van der Waals surface area contributed by atoms with E-state index in [4.69, 9.17) is 28.2 Å². The highest BCUT2D eigenvalue weighted by atomic mass is 35.5. The number of fused-ring (bicyclic) bond motifs is 1. The van der Waals surface area contributed by atoms with E-state index >= 15 is 0 Å². The van der Waals surface area contributed by atoms with Crippen LogP contribution in [0.5, 0.6) is 0 Å². The van der Waals surface area contributed by atoms with Gasteiger partial charge in [0.25, 0.3) is 0 Å². The van der Waals surface area contributed by atoms with Crippen molar-refractivity contribution in [1.29, 1.82) is 0 Å². The predicted molar refractivity (Wildman–Crippen MR) is 156 cm³/mol. The Balaban J connectivity index is 1.30. The lowest BCUT2D eigenvalue weighted by Crippen LogP contribution is -2.47.